The van der Waals surface area contributed by atoms with Gasteiger partial charge in [0.25, 0.3) is 0 Å². The summed E-state index contributed by atoms with van der Waals surface area (Å²) in [5.41, 5.74) is 15.2. The summed E-state index contributed by atoms with van der Waals surface area (Å²) in [6, 6.07) is 62.3. The molecular formula is C51H34O. The van der Waals surface area contributed by atoms with E-state index in [1.54, 1.807) is 0 Å². The van der Waals surface area contributed by atoms with Crippen molar-refractivity contribution in [3.8, 4) is 67.1 Å². The van der Waals surface area contributed by atoms with Gasteiger partial charge in [0, 0.05) is 16.4 Å². The van der Waals surface area contributed by atoms with E-state index in [2.05, 4.69) is 184 Å². The van der Waals surface area contributed by atoms with Crippen LogP contribution in [-0.4, -0.2) is 0 Å². The van der Waals surface area contributed by atoms with Crippen molar-refractivity contribution in [1.82, 2.24) is 0 Å². The molecule has 1 aliphatic heterocycles. The van der Waals surface area contributed by atoms with Gasteiger partial charge >= 0.3 is 0 Å². The van der Waals surface area contributed by atoms with Gasteiger partial charge in [-0.15, -0.1) is 0 Å². The molecule has 0 aromatic heterocycles. The van der Waals surface area contributed by atoms with E-state index in [-0.39, 0.29) is 5.41 Å². The molecule has 0 saturated carbocycles. The van der Waals surface area contributed by atoms with E-state index in [0.29, 0.717) is 0 Å². The second-order valence-electron chi connectivity index (χ2n) is 14.8. The Morgan fingerprint density at radius 3 is 1.77 bits per heavy atom. The molecule has 244 valence electrons. The van der Waals surface area contributed by atoms with Gasteiger partial charge in [-0.3, -0.25) is 0 Å². The Morgan fingerprint density at radius 1 is 0.346 bits per heavy atom. The lowest BCUT2D eigenvalue weighted by molar-refractivity contribution is 0.487. The van der Waals surface area contributed by atoms with Crippen LogP contribution in [0.1, 0.15) is 25.0 Å². The van der Waals surface area contributed by atoms with E-state index in [0.717, 1.165) is 17.1 Å². The highest BCUT2D eigenvalue weighted by Crippen LogP contribution is 2.54. The van der Waals surface area contributed by atoms with Crippen LogP contribution in [0.4, 0.5) is 0 Å². The van der Waals surface area contributed by atoms with Crippen LogP contribution in [0.5, 0.6) is 11.5 Å². The number of benzene rings is 9. The first-order valence-electron chi connectivity index (χ1n) is 18.2. The maximum atomic E-state index is 6.61. The number of hydrogen-bond acceptors (Lipinski definition) is 1. The van der Waals surface area contributed by atoms with E-state index in [1.807, 2.05) is 0 Å². The van der Waals surface area contributed by atoms with E-state index in [9.17, 15) is 0 Å². The maximum absolute atomic E-state index is 6.61. The first-order valence-corrected chi connectivity index (χ1v) is 18.2. The van der Waals surface area contributed by atoms with Crippen molar-refractivity contribution in [1.29, 1.82) is 0 Å². The molecule has 0 amide bonds. The lowest BCUT2D eigenvalue weighted by Crippen LogP contribution is -2.15. The monoisotopic (exact) mass is 662 g/mol. The Kier molecular flexibility index (Phi) is 6.08. The summed E-state index contributed by atoms with van der Waals surface area (Å²) in [6.07, 6.45) is 0. The van der Waals surface area contributed by atoms with Crippen molar-refractivity contribution < 1.29 is 4.74 Å². The molecule has 1 heteroatoms. The van der Waals surface area contributed by atoms with Gasteiger partial charge in [0.1, 0.15) is 11.5 Å². The molecule has 52 heavy (non-hydrogen) atoms. The van der Waals surface area contributed by atoms with Crippen LogP contribution < -0.4 is 4.74 Å². The highest BCUT2D eigenvalue weighted by atomic mass is 16.5. The molecule has 0 unspecified atom stereocenters. The molecule has 1 nitrogen and oxygen atoms in total. The fraction of sp³-hybridized carbons (Fsp3) is 0.0588. The van der Waals surface area contributed by atoms with E-state index in [1.165, 1.54) is 93.5 Å². The molecule has 2 aliphatic rings. The van der Waals surface area contributed by atoms with Crippen molar-refractivity contribution in [2.75, 3.05) is 0 Å². The zero-order valence-corrected chi connectivity index (χ0v) is 29.1. The topological polar surface area (TPSA) is 9.23 Å². The molecule has 11 rings (SSSR count). The molecule has 0 fully saturated rings. The quantitative estimate of drug-likeness (QED) is 0.183. The number of fused-ring (bicyclic) bond motifs is 8. The third kappa shape index (κ3) is 4.05. The normalized spacial score (nSPS) is 13.5. The van der Waals surface area contributed by atoms with Crippen molar-refractivity contribution >= 4 is 32.3 Å². The van der Waals surface area contributed by atoms with Gasteiger partial charge in [0.15, 0.2) is 0 Å². The zero-order valence-electron chi connectivity index (χ0n) is 29.1. The summed E-state index contributed by atoms with van der Waals surface area (Å²) < 4.78 is 6.61. The Hall–Kier alpha value is -6.44. The Labute approximate surface area is 303 Å². The summed E-state index contributed by atoms with van der Waals surface area (Å²) in [7, 11) is 0. The van der Waals surface area contributed by atoms with Crippen molar-refractivity contribution in [2.24, 2.45) is 0 Å². The third-order valence-electron chi connectivity index (χ3n) is 11.7. The molecule has 0 N–H and O–H groups in total. The van der Waals surface area contributed by atoms with Gasteiger partial charge in [0.2, 0.25) is 0 Å². The average Bonchev–Trinajstić information content (AvgIpc) is 3.43. The SMILES string of the molecule is CC1(C)c2ccccc2-c2c1cc(-c1ccc(-c3ccc4c(c3)-c3cccc5c(-c6ccccc6)ccc(c35)O4)c3ccccc13)c1ccccc21. The van der Waals surface area contributed by atoms with Crippen LogP contribution in [0.2, 0.25) is 0 Å². The summed E-state index contributed by atoms with van der Waals surface area (Å²) in [4.78, 5) is 0. The lowest BCUT2D eigenvalue weighted by Gasteiger charge is -2.24. The molecule has 0 saturated heterocycles. The Morgan fingerprint density at radius 2 is 0.942 bits per heavy atom. The lowest BCUT2D eigenvalue weighted by atomic mass is 9.80. The van der Waals surface area contributed by atoms with Crippen molar-refractivity contribution in [3.05, 3.63) is 181 Å². The second kappa shape index (κ2) is 10.8. The molecule has 1 aliphatic carbocycles. The van der Waals surface area contributed by atoms with Crippen LogP contribution in [0.25, 0.3) is 88.0 Å². The van der Waals surface area contributed by atoms with Crippen LogP contribution in [0.15, 0.2) is 170 Å². The van der Waals surface area contributed by atoms with Crippen LogP contribution in [0.3, 0.4) is 0 Å². The minimum atomic E-state index is -0.0883. The second-order valence-corrected chi connectivity index (χ2v) is 14.8. The first-order chi connectivity index (χ1) is 25.6. The summed E-state index contributed by atoms with van der Waals surface area (Å²) in [5, 5.41) is 7.49. The molecular weight excluding hydrogens is 629 g/mol. The number of rotatable bonds is 3. The Bertz CT molecular complexity index is 2950. The van der Waals surface area contributed by atoms with Gasteiger partial charge in [-0.2, -0.15) is 0 Å². The van der Waals surface area contributed by atoms with E-state index >= 15 is 0 Å². The van der Waals surface area contributed by atoms with Crippen LogP contribution in [-0.2, 0) is 5.41 Å². The molecule has 1 heterocycles. The highest BCUT2D eigenvalue weighted by Gasteiger charge is 2.37. The third-order valence-corrected chi connectivity index (χ3v) is 11.7. The van der Waals surface area contributed by atoms with Crippen LogP contribution in [0, 0.1) is 0 Å². The highest BCUT2D eigenvalue weighted by molar-refractivity contribution is 6.15. The molecule has 0 atom stereocenters. The molecule has 9 aromatic carbocycles. The minimum Gasteiger partial charge on any atom is -0.456 e. The first kappa shape index (κ1) is 29.3. The molecule has 0 radical (unpaired) electrons. The summed E-state index contributed by atoms with van der Waals surface area (Å²) >= 11 is 0. The fourth-order valence-electron chi connectivity index (χ4n) is 9.23. The van der Waals surface area contributed by atoms with E-state index < -0.39 is 0 Å². The number of hydrogen-bond donors (Lipinski definition) is 0. The maximum Gasteiger partial charge on any atom is 0.135 e. The van der Waals surface area contributed by atoms with Gasteiger partial charge < -0.3 is 4.74 Å². The largest absolute Gasteiger partial charge is 0.456 e. The predicted octanol–water partition coefficient (Wildman–Crippen LogP) is 14.2. The standard InChI is InChI=1S/C51H34O/c1-51(2)45-22-11-10-19-42(45)49-40-18-9-8-17-37(40)43(30-46(49)51)38-25-24-34(35-15-6-7-16-36(35)38)32-23-27-47-44(29-32)41-21-12-20-39-33(31-13-4-3-5-14-31)26-28-48(52-47)50(39)41/h3-30H,1-2H3. The van der Waals surface area contributed by atoms with E-state index in [4.69, 9.17) is 4.74 Å². The van der Waals surface area contributed by atoms with Crippen LogP contribution >= 0.6 is 0 Å². The fourth-order valence-corrected chi connectivity index (χ4v) is 9.23. The smallest absolute Gasteiger partial charge is 0.135 e. The molecule has 9 aromatic rings. The number of ether oxygens (including phenoxy) is 1. The van der Waals surface area contributed by atoms with Gasteiger partial charge in [-0.25, -0.2) is 0 Å². The molecule has 0 bridgehead atoms. The summed E-state index contributed by atoms with van der Waals surface area (Å²) in [5.74, 6) is 1.80. The average molecular weight is 663 g/mol. The van der Waals surface area contributed by atoms with Crippen molar-refractivity contribution in [2.45, 2.75) is 19.3 Å². The Balaban J connectivity index is 1.09. The minimum absolute atomic E-state index is 0.0883. The van der Waals surface area contributed by atoms with Gasteiger partial charge in [0.05, 0.1) is 0 Å². The zero-order chi connectivity index (χ0) is 34.6. The summed E-state index contributed by atoms with van der Waals surface area (Å²) in [6.45, 7) is 4.75. The molecule has 0 spiro atoms. The van der Waals surface area contributed by atoms with Crippen molar-refractivity contribution in [3.63, 3.8) is 0 Å². The predicted molar refractivity (Wildman–Crippen MR) is 218 cm³/mol. The van der Waals surface area contributed by atoms with Gasteiger partial charge in [-0.1, -0.05) is 159 Å². The van der Waals surface area contributed by atoms with Gasteiger partial charge in [-0.05, 0) is 112 Å².